The van der Waals surface area contributed by atoms with E-state index in [0.717, 1.165) is 5.56 Å². The Morgan fingerprint density at radius 3 is 2.42 bits per heavy atom. The number of hydrogen-bond donors (Lipinski definition) is 0. The topological polar surface area (TPSA) is 89.8 Å². The fourth-order valence-electron chi connectivity index (χ4n) is 2.51. The van der Waals surface area contributed by atoms with Crippen molar-refractivity contribution in [2.45, 2.75) is 26.5 Å². The van der Waals surface area contributed by atoms with Crippen LogP contribution in [0.15, 0.2) is 48.5 Å². The van der Waals surface area contributed by atoms with Crippen LogP contribution in [-0.4, -0.2) is 34.9 Å². The van der Waals surface area contributed by atoms with Gasteiger partial charge in [-0.2, -0.15) is 0 Å². The summed E-state index contributed by atoms with van der Waals surface area (Å²) in [5.74, 6) is -1.03. The molecule has 26 heavy (non-hydrogen) atoms. The van der Waals surface area contributed by atoms with E-state index in [2.05, 4.69) is 0 Å². The molecule has 1 amide bonds. The number of carbonyl (C=O) groups excluding carboxylic acids is 2. The predicted octanol–water partition coefficient (Wildman–Crippen LogP) is 3.11. The molecule has 0 bridgehead atoms. The van der Waals surface area contributed by atoms with E-state index >= 15 is 0 Å². The van der Waals surface area contributed by atoms with Crippen LogP contribution in [0, 0.1) is 17.0 Å². The fraction of sp³-hybridized carbons (Fsp3) is 0.263. The van der Waals surface area contributed by atoms with Crippen LogP contribution in [0.4, 0.5) is 5.69 Å². The molecule has 7 heteroatoms. The van der Waals surface area contributed by atoms with Crippen LogP contribution >= 0.6 is 0 Å². The second kappa shape index (κ2) is 8.24. The van der Waals surface area contributed by atoms with Crippen molar-refractivity contribution in [2.24, 2.45) is 0 Å². The van der Waals surface area contributed by atoms with E-state index in [0.29, 0.717) is 12.1 Å². The van der Waals surface area contributed by atoms with Gasteiger partial charge in [-0.15, -0.1) is 0 Å². The summed E-state index contributed by atoms with van der Waals surface area (Å²) >= 11 is 0. The van der Waals surface area contributed by atoms with Gasteiger partial charge in [-0.05, 0) is 31.5 Å². The van der Waals surface area contributed by atoms with Gasteiger partial charge in [0.25, 0.3) is 11.6 Å². The molecule has 0 N–H and O–H groups in total. The van der Waals surface area contributed by atoms with E-state index < -0.39 is 17.0 Å². The minimum atomic E-state index is -0.966. The number of nitro groups is 1. The number of amides is 1. The van der Waals surface area contributed by atoms with E-state index in [1.54, 1.807) is 7.05 Å². The van der Waals surface area contributed by atoms with Crippen molar-refractivity contribution in [3.63, 3.8) is 0 Å². The zero-order valence-electron chi connectivity index (χ0n) is 14.8. The van der Waals surface area contributed by atoms with Crippen molar-refractivity contribution >= 4 is 17.6 Å². The maximum atomic E-state index is 12.4. The lowest BCUT2D eigenvalue weighted by atomic mass is 10.1. The number of esters is 1. The van der Waals surface area contributed by atoms with Crippen molar-refractivity contribution in [1.82, 2.24) is 4.90 Å². The van der Waals surface area contributed by atoms with Crippen molar-refractivity contribution in [3.05, 3.63) is 75.3 Å². The van der Waals surface area contributed by atoms with Crippen LogP contribution in [0.25, 0.3) is 0 Å². The first-order valence-corrected chi connectivity index (χ1v) is 8.04. The average Bonchev–Trinajstić information content (AvgIpc) is 2.61. The third-order valence-corrected chi connectivity index (χ3v) is 3.90. The van der Waals surface area contributed by atoms with Crippen LogP contribution < -0.4 is 0 Å². The summed E-state index contributed by atoms with van der Waals surface area (Å²) < 4.78 is 5.21. The quantitative estimate of drug-likeness (QED) is 0.451. The highest BCUT2D eigenvalue weighted by molar-refractivity contribution is 5.92. The number of nitrogens with zero attached hydrogens (tertiary/aromatic N) is 2. The van der Waals surface area contributed by atoms with Gasteiger partial charge in [0.1, 0.15) is 0 Å². The van der Waals surface area contributed by atoms with E-state index in [-0.39, 0.29) is 17.2 Å². The molecule has 0 heterocycles. The fourth-order valence-corrected chi connectivity index (χ4v) is 2.51. The third-order valence-electron chi connectivity index (χ3n) is 3.90. The number of benzene rings is 2. The van der Waals surface area contributed by atoms with E-state index in [1.807, 2.05) is 30.3 Å². The number of aryl methyl sites for hydroxylation is 1. The molecule has 1 atom stereocenters. The highest BCUT2D eigenvalue weighted by atomic mass is 16.6. The van der Waals surface area contributed by atoms with Gasteiger partial charge in [-0.3, -0.25) is 14.9 Å². The van der Waals surface area contributed by atoms with Crippen LogP contribution in [0.2, 0.25) is 0 Å². The lowest BCUT2D eigenvalue weighted by Gasteiger charge is -2.21. The van der Waals surface area contributed by atoms with E-state index in [4.69, 9.17) is 4.74 Å². The Morgan fingerprint density at radius 2 is 1.85 bits per heavy atom. The Kier molecular flexibility index (Phi) is 6.06. The third kappa shape index (κ3) is 4.66. The van der Waals surface area contributed by atoms with Crippen LogP contribution in [0.3, 0.4) is 0 Å². The molecule has 136 valence electrons. The molecule has 0 aliphatic heterocycles. The second-order valence-corrected chi connectivity index (χ2v) is 5.99. The molecule has 0 saturated heterocycles. The molecule has 0 radical (unpaired) electrons. The zero-order chi connectivity index (χ0) is 19.3. The van der Waals surface area contributed by atoms with Gasteiger partial charge in [0, 0.05) is 25.2 Å². The van der Waals surface area contributed by atoms with Gasteiger partial charge >= 0.3 is 5.97 Å². The minimum absolute atomic E-state index is 0.0757. The standard InChI is InChI=1S/C19H20N2O5/c1-13-11-16(9-10-17(13)21(24)25)19(23)26-14(2)18(22)20(3)12-15-7-5-4-6-8-15/h4-11,14H,12H2,1-3H3. The maximum absolute atomic E-state index is 12.4. The average molecular weight is 356 g/mol. The highest BCUT2D eigenvalue weighted by Crippen LogP contribution is 2.19. The summed E-state index contributed by atoms with van der Waals surface area (Å²) in [6.07, 6.45) is -0.966. The van der Waals surface area contributed by atoms with Crippen molar-refractivity contribution in [3.8, 4) is 0 Å². The van der Waals surface area contributed by atoms with Crippen molar-refractivity contribution in [1.29, 1.82) is 0 Å². The Balaban J connectivity index is 2.00. The van der Waals surface area contributed by atoms with Gasteiger partial charge in [-0.1, -0.05) is 30.3 Å². The summed E-state index contributed by atoms with van der Waals surface area (Å²) in [7, 11) is 1.63. The van der Waals surface area contributed by atoms with Crippen molar-refractivity contribution in [2.75, 3.05) is 7.05 Å². The molecular weight excluding hydrogens is 336 g/mol. The summed E-state index contributed by atoms with van der Waals surface area (Å²) in [6.45, 7) is 3.44. The maximum Gasteiger partial charge on any atom is 0.338 e. The minimum Gasteiger partial charge on any atom is -0.449 e. The second-order valence-electron chi connectivity index (χ2n) is 5.99. The summed E-state index contributed by atoms with van der Waals surface area (Å²) in [6, 6.07) is 13.4. The van der Waals surface area contributed by atoms with Gasteiger partial charge < -0.3 is 9.64 Å². The molecule has 0 aliphatic carbocycles. The summed E-state index contributed by atoms with van der Waals surface area (Å²) in [5.41, 5.74) is 1.41. The van der Waals surface area contributed by atoms with Crippen LogP contribution in [0.1, 0.15) is 28.4 Å². The molecule has 0 fully saturated rings. The molecule has 7 nitrogen and oxygen atoms in total. The zero-order valence-corrected chi connectivity index (χ0v) is 14.8. The number of ether oxygens (including phenoxy) is 1. The van der Waals surface area contributed by atoms with Gasteiger partial charge in [0.2, 0.25) is 0 Å². The molecule has 0 aliphatic rings. The van der Waals surface area contributed by atoms with Crippen molar-refractivity contribution < 1.29 is 19.2 Å². The first-order chi connectivity index (χ1) is 12.3. The van der Waals surface area contributed by atoms with Gasteiger partial charge in [0.15, 0.2) is 6.10 Å². The SMILES string of the molecule is Cc1cc(C(=O)OC(C)C(=O)N(C)Cc2ccccc2)ccc1[N+](=O)[O-]. The van der Waals surface area contributed by atoms with E-state index in [9.17, 15) is 19.7 Å². The largest absolute Gasteiger partial charge is 0.449 e. The number of carbonyl (C=O) groups is 2. The molecule has 0 aromatic heterocycles. The number of rotatable bonds is 6. The Hall–Kier alpha value is -3.22. The first kappa shape index (κ1) is 19.1. The lowest BCUT2D eigenvalue weighted by Crippen LogP contribution is -2.37. The predicted molar refractivity (Wildman–Crippen MR) is 95.6 cm³/mol. The number of hydrogen-bond acceptors (Lipinski definition) is 5. The Bertz CT molecular complexity index is 820. The normalized spacial score (nSPS) is 11.5. The highest BCUT2D eigenvalue weighted by Gasteiger charge is 2.23. The van der Waals surface area contributed by atoms with Crippen LogP contribution in [0.5, 0.6) is 0 Å². The smallest absolute Gasteiger partial charge is 0.338 e. The molecule has 2 rings (SSSR count). The van der Waals surface area contributed by atoms with Crippen LogP contribution in [-0.2, 0) is 16.1 Å². The van der Waals surface area contributed by atoms with E-state index in [1.165, 1.54) is 36.9 Å². The van der Waals surface area contributed by atoms with Gasteiger partial charge in [-0.25, -0.2) is 4.79 Å². The molecule has 2 aromatic rings. The molecule has 0 saturated carbocycles. The molecular formula is C19H20N2O5. The monoisotopic (exact) mass is 356 g/mol. The number of nitro benzene ring substituents is 1. The first-order valence-electron chi connectivity index (χ1n) is 8.04. The Labute approximate surface area is 151 Å². The number of likely N-dealkylation sites (N-methyl/N-ethyl adjacent to an activating group) is 1. The lowest BCUT2D eigenvalue weighted by molar-refractivity contribution is -0.385. The Morgan fingerprint density at radius 1 is 1.19 bits per heavy atom. The molecule has 2 aromatic carbocycles. The summed E-state index contributed by atoms with van der Waals surface area (Å²) in [4.78, 5) is 36.4. The molecule has 1 unspecified atom stereocenters. The summed E-state index contributed by atoms with van der Waals surface area (Å²) in [5, 5.41) is 10.8. The van der Waals surface area contributed by atoms with Gasteiger partial charge in [0.05, 0.1) is 10.5 Å². The molecule has 0 spiro atoms.